The van der Waals surface area contributed by atoms with E-state index in [1.54, 1.807) is 47.6 Å². The molecule has 2 aromatic rings. The highest BCUT2D eigenvalue weighted by Crippen LogP contribution is 2.39. The van der Waals surface area contributed by atoms with Crippen LogP contribution in [0.1, 0.15) is 23.6 Å². The summed E-state index contributed by atoms with van der Waals surface area (Å²) in [5.41, 5.74) is 2.23. The van der Waals surface area contributed by atoms with Crippen molar-refractivity contribution in [3.05, 3.63) is 47.5 Å². The van der Waals surface area contributed by atoms with Gasteiger partial charge in [0.15, 0.2) is 11.5 Å². The van der Waals surface area contributed by atoms with Gasteiger partial charge in [-0.25, -0.2) is 5.01 Å². The molecule has 0 saturated carbocycles. The fraction of sp³-hybridized carbons (Fsp3) is 0.400. The summed E-state index contributed by atoms with van der Waals surface area (Å²) in [5.74, 6) is 1.71. The summed E-state index contributed by atoms with van der Waals surface area (Å²) in [6.45, 7) is -0.261. The summed E-state index contributed by atoms with van der Waals surface area (Å²) in [7, 11) is 9.25. The highest BCUT2D eigenvalue weighted by molar-refractivity contribution is 6.05. The van der Waals surface area contributed by atoms with Crippen LogP contribution in [0.15, 0.2) is 41.5 Å². The number of hydrogen-bond donors (Lipinski definition) is 0. The number of nitrogens with zero attached hydrogens (tertiary/aromatic N) is 3. The summed E-state index contributed by atoms with van der Waals surface area (Å²) in [5, 5.41) is 6.09. The Bertz CT molecular complexity index is 1100. The third kappa shape index (κ3) is 5.65. The molecule has 0 saturated heterocycles. The summed E-state index contributed by atoms with van der Waals surface area (Å²) in [6.07, 6.45) is 0.430. The van der Waals surface area contributed by atoms with Crippen molar-refractivity contribution in [3.8, 4) is 23.0 Å². The Hall–Kier alpha value is -3.79. The minimum atomic E-state index is -0.421. The summed E-state index contributed by atoms with van der Waals surface area (Å²) >= 11 is 0. The zero-order valence-corrected chi connectivity index (χ0v) is 20.9. The number of hydrazone groups is 1. The van der Waals surface area contributed by atoms with Crippen molar-refractivity contribution in [2.75, 3.05) is 55.7 Å². The van der Waals surface area contributed by atoms with Gasteiger partial charge in [0.25, 0.3) is 5.91 Å². The number of ether oxygens (including phenoxy) is 5. The Morgan fingerprint density at radius 3 is 2.29 bits per heavy atom. The van der Waals surface area contributed by atoms with E-state index >= 15 is 0 Å². The molecule has 1 aliphatic heterocycles. The molecule has 2 amide bonds. The van der Waals surface area contributed by atoms with Gasteiger partial charge in [-0.05, 0) is 29.8 Å². The second-order valence-corrected chi connectivity index (χ2v) is 7.87. The Kier molecular flexibility index (Phi) is 8.53. The molecule has 1 aliphatic rings. The second-order valence-electron chi connectivity index (χ2n) is 7.87. The molecule has 35 heavy (non-hydrogen) atoms. The minimum Gasteiger partial charge on any atom is -0.497 e. The van der Waals surface area contributed by atoms with Crippen LogP contribution in [0, 0.1) is 0 Å². The molecule has 0 aromatic heterocycles. The zero-order chi connectivity index (χ0) is 25.5. The summed E-state index contributed by atoms with van der Waals surface area (Å²) < 4.78 is 26.6. The van der Waals surface area contributed by atoms with Gasteiger partial charge >= 0.3 is 0 Å². The lowest BCUT2D eigenvalue weighted by atomic mass is 9.97. The molecule has 0 N–H and O–H groups in total. The number of hydrogen-bond acceptors (Lipinski definition) is 8. The number of likely N-dealkylation sites (N-methyl/N-ethyl adjacent to an activating group) is 1. The highest BCUT2D eigenvalue weighted by atomic mass is 16.5. The van der Waals surface area contributed by atoms with E-state index in [-0.39, 0.29) is 25.0 Å². The SMILES string of the molecule is COCC(=O)N(C)CC(=O)N1N=C(c2ccc(OC)cc2OC)C[C@@H]1c1ccc(OC)c(OC)c1. The number of methoxy groups -OCH3 is 5. The molecule has 0 spiro atoms. The number of carbonyl (C=O) groups excluding carboxylic acids is 2. The third-order valence-electron chi connectivity index (χ3n) is 5.74. The monoisotopic (exact) mass is 485 g/mol. The molecular formula is C25H31N3O7. The Balaban J connectivity index is 2.00. The van der Waals surface area contributed by atoms with Gasteiger partial charge in [0, 0.05) is 32.2 Å². The van der Waals surface area contributed by atoms with Crippen LogP contribution >= 0.6 is 0 Å². The standard InChI is InChI=1S/C25H31N3O7/c1-27(25(30)15-31-2)14-24(29)28-20(16-7-10-21(33-4)23(11-16)35-6)13-19(26-28)18-9-8-17(32-3)12-22(18)34-5/h7-12,20H,13-15H2,1-6H3/t20-/m1/s1. The first-order valence-corrected chi connectivity index (χ1v) is 10.9. The summed E-state index contributed by atoms with van der Waals surface area (Å²) in [6, 6.07) is 10.5. The smallest absolute Gasteiger partial charge is 0.262 e. The van der Waals surface area contributed by atoms with E-state index in [9.17, 15) is 9.59 Å². The maximum absolute atomic E-state index is 13.3. The van der Waals surface area contributed by atoms with Crippen LogP contribution in [0.2, 0.25) is 0 Å². The van der Waals surface area contributed by atoms with E-state index in [0.717, 1.165) is 11.1 Å². The average molecular weight is 486 g/mol. The molecule has 10 heteroatoms. The number of carbonyl (C=O) groups is 2. The molecule has 188 valence electrons. The van der Waals surface area contributed by atoms with Gasteiger partial charge in [-0.2, -0.15) is 5.10 Å². The van der Waals surface area contributed by atoms with Gasteiger partial charge in [-0.3, -0.25) is 9.59 Å². The fourth-order valence-electron chi connectivity index (χ4n) is 3.86. The van der Waals surface area contributed by atoms with Crippen LogP contribution in [0.3, 0.4) is 0 Å². The second kappa shape index (κ2) is 11.6. The molecule has 0 fully saturated rings. The Morgan fingerprint density at radius 2 is 1.66 bits per heavy atom. The van der Waals surface area contributed by atoms with Crippen LogP contribution in [0.5, 0.6) is 23.0 Å². The van der Waals surface area contributed by atoms with Gasteiger partial charge in [-0.1, -0.05) is 6.07 Å². The van der Waals surface area contributed by atoms with E-state index in [1.165, 1.54) is 17.0 Å². The molecule has 3 rings (SSSR count). The van der Waals surface area contributed by atoms with Gasteiger partial charge in [0.05, 0.1) is 40.2 Å². The molecule has 10 nitrogen and oxygen atoms in total. The number of rotatable bonds is 10. The van der Waals surface area contributed by atoms with Gasteiger partial charge in [0.1, 0.15) is 24.7 Å². The van der Waals surface area contributed by atoms with Gasteiger partial charge in [0.2, 0.25) is 5.91 Å². The largest absolute Gasteiger partial charge is 0.497 e. The minimum absolute atomic E-state index is 0.111. The summed E-state index contributed by atoms with van der Waals surface area (Å²) in [4.78, 5) is 26.8. The van der Waals surface area contributed by atoms with Crippen molar-refractivity contribution in [1.29, 1.82) is 0 Å². The number of amides is 2. The Labute approximate surface area is 205 Å². The lowest BCUT2D eigenvalue weighted by Gasteiger charge is -2.25. The van der Waals surface area contributed by atoms with E-state index in [0.29, 0.717) is 35.1 Å². The maximum atomic E-state index is 13.3. The topological polar surface area (TPSA) is 99.1 Å². The molecule has 1 atom stereocenters. The average Bonchev–Trinajstić information content (AvgIpc) is 3.33. The molecule has 0 radical (unpaired) electrons. The van der Waals surface area contributed by atoms with Crippen LogP contribution in [-0.2, 0) is 14.3 Å². The van der Waals surface area contributed by atoms with E-state index in [4.69, 9.17) is 23.7 Å². The fourth-order valence-corrected chi connectivity index (χ4v) is 3.86. The van der Waals surface area contributed by atoms with Crippen LogP contribution < -0.4 is 18.9 Å². The van der Waals surface area contributed by atoms with E-state index < -0.39 is 6.04 Å². The lowest BCUT2D eigenvalue weighted by molar-refractivity contribution is -0.142. The molecule has 0 bridgehead atoms. The molecular weight excluding hydrogens is 454 g/mol. The van der Waals surface area contributed by atoms with Crippen LogP contribution in [0.4, 0.5) is 0 Å². The van der Waals surface area contributed by atoms with Gasteiger partial charge in [-0.15, -0.1) is 0 Å². The molecule has 0 unspecified atom stereocenters. The molecule has 2 aromatic carbocycles. The molecule has 1 heterocycles. The first-order chi connectivity index (χ1) is 16.9. The predicted molar refractivity (Wildman–Crippen MR) is 129 cm³/mol. The van der Waals surface area contributed by atoms with Crippen molar-refractivity contribution in [2.24, 2.45) is 5.10 Å². The quantitative estimate of drug-likeness (QED) is 0.510. The van der Waals surface area contributed by atoms with Crippen LogP contribution in [0.25, 0.3) is 0 Å². The van der Waals surface area contributed by atoms with Crippen molar-refractivity contribution < 1.29 is 33.3 Å². The number of benzene rings is 2. The molecule has 0 aliphatic carbocycles. The van der Waals surface area contributed by atoms with Crippen molar-refractivity contribution in [2.45, 2.75) is 12.5 Å². The van der Waals surface area contributed by atoms with Crippen molar-refractivity contribution in [1.82, 2.24) is 9.91 Å². The van der Waals surface area contributed by atoms with E-state index in [1.807, 2.05) is 24.3 Å². The van der Waals surface area contributed by atoms with Crippen molar-refractivity contribution in [3.63, 3.8) is 0 Å². The third-order valence-corrected chi connectivity index (χ3v) is 5.74. The van der Waals surface area contributed by atoms with Crippen LogP contribution in [-0.4, -0.2) is 83.2 Å². The van der Waals surface area contributed by atoms with Crippen molar-refractivity contribution >= 4 is 17.5 Å². The normalized spacial score (nSPS) is 14.9. The lowest BCUT2D eigenvalue weighted by Crippen LogP contribution is -2.40. The van der Waals surface area contributed by atoms with E-state index in [2.05, 4.69) is 5.10 Å². The zero-order valence-electron chi connectivity index (χ0n) is 20.9. The van der Waals surface area contributed by atoms with Gasteiger partial charge < -0.3 is 28.6 Å². The Morgan fingerprint density at radius 1 is 0.943 bits per heavy atom. The first kappa shape index (κ1) is 25.8. The maximum Gasteiger partial charge on any atom is 0.262 e. The predicted octanol–water partition coefficient (Wildman–Crippen LogP) is 2.50. The highest BCUT2D eigenvalue weighted by Gasteiger charge is 2.35. The first-order valence-electron chi connectivity index (χ1n) is 10.9.